The van der Waals surface area contributed by atoms with E-state index in [4.69, 9.17) is 0 Å². The van der Waals surface area contributed by atoms with Gasteiger partial charge in [0.1, 0.15) is 0 Å². The van der Waals surface area contributed by atoms with Crippen molar-refractivity contribution in [3.8, 4) is 0 Å². The molecule has 0 bridgehead atoms. The van der Waals surface area contributed by atoms with Gasteiger partial charge in [0.2, 0.25) is 6.93 Å². The van der Waals surface area contributed by atoms with E-state index in [1.807, 2.05) is 0 Å². The van der Waals surface area contributed by atoms with Crippen LogP contribution in [0.25, 0.3) is 0 Å². The van der Waals surface area contributed by atoms with Crippen LogP contribution in [0.1, 0.15) is 6.92 Å². The highest BCUT2D eigenvalue weighted by atomic mass is 19.3. The first-order valence-electron chi connectivity index (χ1n) is 1.51. The van der Waals surface area contributed by atoms with Gasteiger partial charge >= 0.3 is 0 Å². The number of alkyl halides is 3. The van der Waals surface area contributed by atoms with Crippen LogP contribution in [0.15, 0.2) is 0 Å². The molecule has 6 heavy (non-hydrogen) atoms. The molecule has 3 heteroatoms. The van der Waals surface area contributed by atoms with Crippen LogP contribution >= 0.6 is 0 Å². The lowest BCUT2D eigenvalue weighted by Gasteiger charge is -1.45. The van der Waals surface area contributed by atoms with Gasteiger partial charge in [0.15, 0.2) is 0 Å². The normalized spacial score (nSPS) is 6.00. The van der Waals surface area contributed by atoms with E-state index >= 15 is 0 Å². The third-order valence-corrected chi connectivity index (χ3v) is 0. The Kier molecular flexibility index (Phi) is 33.1. The summed E-state index contributed by atoms with van der Waals surface area (Å²) in [5, 5.41) is 0. The summed E-state index contributed by atoms with van der Waals surface area (Å²) < 4.78 is 29.5. The van der Waals surface area contributed by atoms with Crippen LogP contribution in [0.3, 0.4) is 0 Å². The van der Waals surface area contributed by atoms with E-state index in [0.29, 0.717) is 0 Å². The Balaban J connectivity index is 0. The molecule has 40 valence electrons. The molecule has 0 rings (SSSR count). The van der Waals surface area contributed by atoms with E-state index in [9.17, 15) is 13.2 Å². The average Bonchev–Trinajstić information content (AvgIpc) is 1.39. The van der Waals surface area contributed by atoms with Gasteiger partial charge < -0.3 is 0 Å². The predicted octanol–water partition coefficient (Wildman–Crippen LogP) is 1.86. The highest BCUT2D eigenvalue weighted by Crippen LogP contribution is 1.56. The standard InChI is InChI=1S/C2H5F.CH2F2/c1-2-3;2-1-3/h2H2,1H3;1H2. The summed E-state index contributed by atoms with van der Waals surface area (Å²) in [4.78, 5) is 0. The van der Waals surface area contributed by atoms with Crippen LogP contribution in [0.4, 0.5) is 13.2 Å². The SMILES string of the molecule is CCF.FCF. The lowest BCUT2D eigenvalue weighted by Crippen LogP contribution is -1.40. The fourth-order valence-corrected chi connectivity index (χ4v) is 0. The third kappa shape index (κ3) is 669. The summed E-state index contributed by atoms with van der Waals surface area (Å²) in [6.45, 7) is -0.542. The molecule has 0 saturated carbocycles. The van der Waals surface area contributed by atoms with Gasteiger partial charge in [-0.05, 0) is 6.92 Å². The second-order valence-corrected chi connectivity index (χ2v) is 0.368. The molecule has 0 aliphatic carbocycles. The molecule has 0 aromatic rings. The minimum Gasteiger partial charge on any atom is -0.251 e. The van der Waals surface area contributed by atoms with Crippen LogP contribution < -0.4 is 0 Å². The highest BCUT2D eigenvalue weighted by Gasteiger charge is 1.44. The van der Waals surface area contributed by atoms with E-state index in [1.165, 1.54) is 6.92 Å². The van der Waals surface area contributed by atoms with Crippen molar-refractivity contribution in [1.29, 1.82) is 0 Å². The molecule has 0 spiro atoms. The zero-order valence-corrected chi connectivity index (χ0v) is 3.55. The van der Waals surface area contributed by atoms with E-state index < -0.39 is 6.93 Å². The second kappa shape index (κ2) is 21.5. The van der Waals surface area contributed by atoms with Crippen molar-refractivity contribution in [2.24, 2.45) is 0 Å². The van der Waals surface area contributed by atoms with Crippen LogP contribution in [-0.4, -0.2) is 13.6 Å². The van der Waals surface area contributed by atoms with Gasteiger partial charge in [-0.1, -0.05) is 0 Å². The number of hydrogen-bond donors (Lipinski definition) is 0. The number of rotatable bonds is 0. The van der Waals surface area contributed by atoms with E-state index in [2.05, 4.69) is 0 Å². The Morgan fingerprint density at radius 3 is 1.17 bits per heavy atom. The maximum Gasteiger partial charge on any atom is 0.229 e. The minimum atomic E-state index is -1.75. The Bertz CT molecular complexity index is 8.00. The average molecular weight is 100 g/mol. The smallest absolute Gasteiger partial charge is 0.229 e. The summed E-state index contributed by atoms with van der Waals surface area (Å²) in [6.07, 6.45) is 0. The van der Waals surface area contributed by atoms with Crippen molar-refractivity contribution < 1.29 is 13.2 Å². The quantitative estimate of drug-likeness (QED) is 0.435. The van der Waals surface area contributed by atoms with Gasteiger partial charge in [0, 0.05) is 0 Å². The lowest BCUT2D eigenvalue weighted by molar-refractivity contribution is 0.295. The molecular weight excluding hydrogens is 93.0 g/mol. The largest absolute Gasteiger partial charge is 0.251 e. The minimum absolute atomic E-state index is 0.250. The van der Waals surface area contributed by atoms with Crippen molar-refractivity contribution in [2.45, 2.75) is 6.92 Å². The van der Waals surface area contributed by atoms with E-state index in [-0.39, 0.29) is 6.67 Å². The second-order valence-electron chi connectivity index (χ2n) is 0.368. The van der Waals surface area contributed by atoms with E-state index in [0.717, 1.165) is 0 Å². The van der Waals surface area contributed by atoms with Crippen LogP contribution in [0, 0.1) is 0 Å². The molecule has 0 atom stereocenters. The molecule has 0 saturated heterocycles. The first-order valence-corrected chi connectivity index (χ1v) is 1.51. The Morgan fingerprint density at radius 2 is 1.17 bits per heavy atom. The first kappa shape index (κ1) is 9.25. The van der Waals surface area contributed by atoms with Gasteiger partial charge in [0.05, 0.1) is 6.67 Å². The molecule has 0 aromatic carbocycles. The molecule has 0 fully saturated rings. The summed E-state index contributed by atoms with van der Waals surface area (Å²) in [5.41, 5.74) is 0. The van der Waals surface area contributed by atoms with E-state index in [1.54, 1.807) is 0 Å². The first-order chi connectivity index (χ1) is 2.83. The van der Waals surface area contributed by atoms with Crippen molar-refractivity contribution in [3.05, 3.63) is 0 Å². The summed E-state index contributed by atoms with van der Waals surface area (Å²) in [6, 6.07) is 0. The highest BCUT2D eigenvalue weighted by molar-refractivity contribution is 3.86. The van der Waals surface area contributed by atoms with Gasteiger partial charge in [-0.25, -0.2) is 8.78 Å². The van der Waals surface area contributed by atoms with Crippen LogP contribution in [0.5, 0.6) is 0 Å². The number of hydrogen-bond acceptors (Lipinski definition) is 0. The Hall–Kier alpha value is -0.210. The molecule has 0 aliphatic rings. The zero-order chi connectivity index (χ0) is 5.41. The predicted molar refractivity (Wildman–Crippen MR) is 18.7 cm³/mol. The van der Waals surface area contributed by atoms with Crippen molar-refractivity contribution >= 4 is 0 Å². The van der Waals surface area contributed by atoms with Crippen molar-refractivity contribution in [1.82, 2.24) is 0 Å². The maximum absolute atomic E-state index is 10.3. The Morgan fingerprint density at radius 1 is 1.17 bits per heavy atom. The van der Waals surface area contributed by atoms with Gasteiger partial charge in [-0.3, -0.25) is 4.39 Å². The summed E-state index contributed by atoms with van der Waals surface area (Å²) in [5.74, 6) is 0. The maximum atomic E-state index is 10.3. The fraction of sp³-hybridized carbons (Fsp3) is 1.00. The topological polar surface area (TPSA) is 0 Å². The van der Waals surface area contributed by atoms with Crippen molar-refractivity contribution in [2.75, 3.05) is 13.6 Å². The third-order valence-electron chi connectivity index (χ3n) is 0. The van der Waals surface area contributed by atoms with Gasteiger partial charge in [-0.2, -0.15) is 0 Å². The molecule has 0 N–H and O–H groups in total. The Labute approximate surface area is 35.0 Å². The molecule has 0 aliphatic heterocycles. The molecule has 0 radical (unpaired) electrons. The molecule has 0 nitrogen and oxygen atoms in total. The van der Waals surface area contributed by atoms with Crippen molar-refractivity contribution in [3.63, 3.8) is 0 Å². The molecule has 0 amide bonds. The number of halogens is 3. The lowest BCUT2D eigenvalue weighted by atomic mass is 10.9. The fourth-order valence-electron chi connectivity index (χ4n) is 0. The van der Waals surface area contributed by atoms with Crippen LogP contribution in [-0.2, 0) is 0 Å². The zero-order valence-electron chi connectivity index (χ0n) is 3.55. The molecule has 0 heterocycles. The van der Waals surface area contributed by atoms with Gasteiger partial charge in [-0.15, -0.1) is 0 Å². The molecule has 0 aromatic heterocycles. The summed E-state index contributed by atoms with van der Waals surface area (Å²) in [7, 11) is 0. The van der Waals surface area contributed by atoms with Crippen LogP contribution in [0.2, 0.25) is 0 Å². The summed E-state index contributed by atoms with van der Waals surface area (Å²) >= 11 is 0. The monoisotopic (exact) mass is 100 g/mol. The molecular formula is C3H7F3. The molecule has 0 unspecified atom stereocenters. The van der Waals surface area contributed by atoms with Gasteiger partial charge in [0.25, 0.3) is 0 Å².